The van der Waals surface area contributed by atoms with Crippen LogP contribution in [0.5, 0.6) is 5.75 Å². The van der Waals surface area contributed by atoms with Gasteiger partial charge in [0.25, 0.3) is 0 Å². The molecule has 6 heteroatoms. The third kappa shape index (κ3) is 3.08. The van der Waals surface area contributed by atoms with E-state index in [2.05, 4.69) is 11.4 Å². The van der Waals surface area contributed by atoms with Crippen LogP contribution in [0.2, 0.25) is 0 Å². The van der Waals surface area contributed by atoms with Crippen LogP contribution in [-0.2, 0) is 6.54 Å². The Balaban J connectivity index is 2.17. The topological polar surface area (TPSA) is 82.3 Å². The van der Waals surface area contributed by atoms with Gasteiger partial charge in [-0.3, -0.25) is 0 Å². The number of hydrogen-bond donors (Lipinski definition) is 2. The number of methoxy groups -OCH3 is 1. The van der Waals surface area contributed by atoms with Crippen molar-refractivity contribution in [1.82, 2.24) is 0 Å². The van der Waals surface area contributed by atoms with Crippen molar-refractivity contribution in [3.63, 3.8) is 0 Å². The zero-order valence-corrected chi connectivity index (χ0v) is 11.5. The molecule has 102 valence electrons. The van der Waals surface area contributed by atoms with Gasteiger partial charge in [-0.2, -0.15) is 5.26 Å². The van der Waals surface area contributed by atoms with E-state index in [1.165, 1.54) is 30.6 Å². The van der Waals surface area contributed by atoms with Crippen molar-refractivity contribution in [1.29, 1.82) is 5.26 Å². The molecule has 5 nitrogen and oxygen atoms in total. The average Bonchev–Trinajstić information content (AvgIpc) is 2.92. The molecule has 0 aliphatic heterocycles. The second kappa shape index (κ2) is 6.08. The number of nitriles is 1. The third-order valence-corrected chi connectivity index (χ3v) is 3.62. The molecule has 0 aliphatic carbocycles. The molecule has 0 bridgehead atoms. The molecule has 2 rings (SSSR count). The lowest BCUT2D eigenvalue weighted by atomic mass is 10.2. The summed E-state index contributed by atoms with van der Waals surface area (Å²) < 4.78 is 5.19. The fraction of sp³-hybridized carbons (Fsp3) is 0.143. The maximum absolute atomic E-state index is 11.0. The van der Waals surface area contributed by atoms with Gasteiger partial charge in [0.1, 0.15) is 11.8 Å². The van der Waals surface area contributed by atoms with Crippen LogP contribution in [0, 0.1) is 11.3 Å². The SMILES string of the molecule is COc1ccc(C(=O)O)cc1NCc1cc(C#N)cs1. The van der Waals surface area contributed by atoms with Crippen LogP contribution in [-0.4, -0.2) is 18.2 Å². The Labute approximate surface area is 120 Å². The molecule has 1 heterocycles. The molecule has 2 N–H and O–H groups in total. The minimum absolute atomic E-state index is 0.192. The first-order chi connectivity index (χ1) is 9.63. The molecule has 0 spiro atoms. The van der Waals surface area contributed by atoms with Crippen LogP contribution in [0.3, 0.4) is 0 Å². The molecule has 0 atom stereocenters. The number of nitrogens with one attached hydrogen (secondary N) is 1. The van der Waals surface area contributed by atoms with Crippen LogP contribution in [0.1, 0.15) is 20.8 Å². The third-order valence-electron chi connectivity index (χ3n) is 2.68. The largest absolute Gasteiger partial charge is 0.495 e. The van der Waals surface area contributed by atoms with Crippen molar-refractivity contribution < 1.29 is 14.6 Å². The van der Waals surface area contributed by atoms with E-state index >= 15 is 0 Å². The van der Waals surface area contributed by atoms with Crippen molar-refractivity contribution in [3.8, 4) is 11.8 Å². The number of hydrogen-bond acceptors (Lipinski definition) is 5. The summed E-state index contributed by atoms with van der Waals surface area (Å²) in [6, 6.07) is 8.50. The second-order valence-corrected chi connectivity index (χ2v) is 4.98. The van der Waals surface area contributed by atoms with Gasteiger partial charge in [0, 0.05) is 16.8 Å². The average molecular weight is 288 g/mol. The van der Waals surface area contributed by atoms with E-state index in [-0.39, 0.29) is 5.56 Å². The number of nitrogens with zero attached hydrogens (tertiary/aromatic N) is 1. The molecular formula is C14H12N2O3S. The van der Waals surface area contributed by atoms with E-state index in [4.69, 9.17) is 15.1 Å². The first-order valence-electron chi connectivity index (χ1n) is 5.76. The van der Waals surface area contributed by atoms with Crippen LogP contribution in [0.25, 0.3) is 0 Å². The first-order valence-corrected chi connectivity index (χ1v) is 6.64. The summed E-state index contributed by atoms with van der Waals surface area (Å²) in [5.74, 6) is -0.411. The van der Waals surface area contributed by atoms with Gasteiger partial charge in [0.05, 0.1) is 23.9 Å². The van der Waals surface area contributed by atoms with E-state index in [9.17, 15) is 4.79 Å². The zero-order valence-electron chi connectivity index (χ0n) is 10.7. The predicted molar refractivity (Wildman–Crippen MR) is 76.3 cm³/mol. The molecule has 1 aromatic carbocycles. The summed E-state index contributed by atoms with van der Waals surface area (Å²) in [6.07, 6.45) is 0. The molecule has 0 amide bonds. The minimum Gasteiger partial charge on any atom is -0.495 e. The summed E-state index contributed by atoms with van der Waals surface area (Å²) in [7, 11) is 1.53. The van der Waals surface area contributed by atoms with E-state index < -0.39 is 5.97 Å². The highest BCUT2D eigenvalue weighted by Gasteiger charge is 2.09. The van der Waals surface area contributed by atoms with Gasteiger partial charge in [-0.15, -0.1) is 11.3 Å². The van der Waals surface area contributed by atoms with Crippen molar-refractivity contribution in [3.05, 3.63) is 45.6 Å². The number of ether oxygens (including phenoxy) is 1. The molecule has 0 radical (unpaired) electrons. The Morgan fingerprint density at radius 1 is 1.50 bits per heavy atom. The lowest BCUT2D eigenvalue weighted by Crippen LogP contribution is -2.03. The molecule has 0 saturated carbocycles. The smallest absolute Gasteiger partial charge is 0.335 e. The van der Waals surface area contributed by atoms with Crippen molar-refractivity contribution in [2.24, 2.45) is 0 Å². The first kappa shape index (κ1) is 13.9. The van der Waals surface area contributed by atoms with Gasteiger partial charge < -0.3 is 15.2 Å². The minimum atomic E-state index is -0.987. The van der Waals surface area contributed by atoms with E-state index in [0.29, 0.717) is 23.5 Å². The van der Waals surface area contributed by atoms with Gasteiger partial charge in [-0.1, -0.05) is 0 Å². The number of thiophene rings is 1. The molecule has 0 fully saturated rings. The van der Waals surface area contributed by atoms with E-state index in [1.807, 2.05) is 0 Å². The standard InChI is InChI=1S/C14H12N2O3S/c1-19-13-3-2-10(14(17)18)5-12(13)16-7-11-4-9(6-15)8-20-11/h2-5,8,16H,7H2,1H3,(H,17,18). The van der Waals surface area contributed by atoms with Gasteiger partial charge >= 0.3 is 5.97 Å². The Morgan fingerprint density at radius 3 is 2.90 bits per heavy atom. The van der Waals surface area contributed by atoms with Gasteiger partial charge in [-0.05, 0) is 24.3 Å². The summed E-state index contributed by atoms with van der Waals surface area (Å²) in [5, 5.41) is 22.7. The fourth-order valence-corrected chi connectivity index (χ4v) is 2.44. The zero-order chi connectivity index (χ0) is 14.5. The molecular weight excluding hydrogens is 276 g/mol. The molecule has 2 aromatic rings. The number of carbonyl (C=O) groups is 1. The number of carboxylic acid groups (broad SMARTS) is 1. The van der Waals surface area contributed by atoms with Gasteiger partial charge in [0.15, 0.2) is 0 Å². The monoisotopic (exact) mass is 288 g/mol. The highest BCUT2D eigenvalue weighted by Crippen LogP contribution is 2.26. The number of carboxylic acids is 1. The molecule has 0 aliphatic rings. The highest BCUT2D eigenvalue weighted by molar-refractivity contribution is 7.10. The Morgan fingerprint density at radius 2 is 2.30 bits per heavy atom. The second-order valence-electron chi connectivity index (χ2n) is 3.99. The van der Waals surface area contributed by atoms with Crippen LogP contribution < -0.4 is 10.1 Å². The molecule has 0 unspecified atom stereocenters. The maximum atomic E-state index is 11.0. The number of anilines is 1. The van der Waals surface area contributed by atoms with Crippen molar-refractivity contribution >= 4 is 23.0 Å². The summed E-state index contributed by atoms with van der Waals surface area (Å²) >= 11 is 1.48. The van der Waals surface area contributed by atoms with Crippen LogP contribution in [0.4, 0.5) is 5.69 Å². The lowest BCUT2D eigenvalue weighted by molar-refractivity contribution is 0.0697. The maximum Gasteiger partial charge on any atom is 0.335 e. The number of aromatic carboxylic acids is 1. The number of rotatable bonds is 5. The summed E-state index contributed by atoms with van der Waals surface area (Å²) in [4.78, 5) is 12.0. The quantitative estimate of drug-likeness (QED) is 0.884. The lowest BCUT2D eigenvalue weighted by Gasteiger charge is -2.11. The summed E-state index contributed by atoms with van der Waals surface area (Å²) in [5.41, 5.74) is 1.43. The van der Waals surface area contributed by atoms with E-state index in [1.54, 1.807) is 17.5 Å². The Kier molecular flexibility index (Phi) is 4.23. The van der Waals surface area contributed by atoms with Gasteiger partial charge in [-0.25, -0.2) is 4.79 Å². The predicted octanol–water partition coefficient (Wildman–Crippen LogP) is 2.94. The fourth-order valence-electron chi connectivity index (χ4n) is 1.69. The van der Waals surface area contributed by atoms with Gasteiger partial charge in [0.2, 0.25) is 0 Å². The van der Waals surface area contributed by atoms with Crippen LogP contribution >= 0.6 is 11.3 Å². The molecule has 20 heavy (non-hydrogen) atoms. The normalized spacial score (nSPS) is 9.80. The molecule has 0 saturated heterocycles. The highest BCUT2D eigenvalue weighted by atomic mass is 32.1. The Hall–Kier alpha value is -2.52. The molecule has 1 aromatic heterocycles. The van der Waals surface area contributed by atoms with E-state index in [0.717, 1.165) is 4.88 Å². The Bertz CT molecular complexity index is 673. The van der Waals surface area contributed by atoms with Crippen molar-refractivity contribution in [2.45, 2.75) is 6.54 Å². The summed E-state index contributed by atoms with van der Waals surface area (Å²) in [6.45, 7) is 0.506. The van der Waals surface area contributed by atoms with Crippen molar-refractivity contribution in [2.75, 3.05) is 12.4 Å². The number of benzene rings is 1. The van der Waals surface area contributed by atoms with Crippen LogP contribution in [0.15, 0.2) is 29.6 Å².